The van der Waals surface area contributed by atoms with Gasteiger partial charge in [-0.2, -0.15) is 0 Å². The van der Waals surface area contributed by atoms with Gasteiger partial charge in [-0.15, -0.1) is 10.2 Å². The van der Waals surface area contributed by atoms with Gasteiger partial charge >= 0.3 is 0 Å². The molecule has 0 unspecified atom stereocenters. The molecule has 1 N–H and O–H groups in total. The van der Waals surface area contributed by atoms with Crippen molar-refractivity contribution in [2.24, 2.45) is 0 Å². The Morgan fingerprint density at radius 1 is 1.37 bits per heavy atom. The van der Waals surface area contributed by atoms with E-state index in [1.807, 2.05) is 18.7 Å². The van der Waals surface area contributed by atoms with Crippen LogP contribution in [-0.2, 0) is 9.59 Å². The summed E-state index contributed by atoms with van der Waals surface area (Å²) in [6.07, 6.45) is 1.09. The molecule has 0 radical (unpaired) electrons. The summed E-state index contributed by atoms with van der Waals surface area (Å²) in [6.45, 7) is 5.72. The highest BCUT2D eigenvalue weighted by Crippen LogP contribution is 2.22. The number of rotatable bonds is 4. The number of piperidine rings is 1. The van der Waals surface area contributed by atoms with Crippen LogP contribution in [0.3, 0.4) is 0 Å². The minimum Gasteiger partial charge on any atom is -0.300 e. The van der Waals surface area contributed by atoms with Gasteiger partial charge in [0.25, 0.3) is 0 Å². The van der Waals surface area contributed by atoms with Crippen molar-refractivity contribution in [3.8, 4) is 0 Å². The molecule has 1 amide bonds. The topological polar surface area (TPSA) is 75.2 Å². The van der Waals surface area contributed by atoms with Gasteiger partial charge in [-0.25, -0.2) is 0 Å². The Hall–Kier alpha value is -1.34. The highest BCUT2D eigenvalue weighted by molar-refractivity contribution is 7.15. The van der Waals surface area contributed by atoms with Crippen LogP contribution in [0.2, 0.25) is 0 Å². The molecule has 2 heterocycles. The van der Waals surface area contributed by atoms with Crippen molar-refractivity contribution >= 4 is 28.2 Å². The van der Waals surface area contributed by atoms with E-state index in [0.717, 1.165) is 5.01 Å². The van der Waals surface area contributed by atoms with Gasteiger partial charge in [0.15, 0.2) is 0 Å². The SMILES string of the molecule is CC(C)c1nnc(NC(=O)CN2CCC(=O)CC2)s1. The van der Waals surface area contributed by atoms with E-state index < -0.39 is 0 Å². The maximum absolute atomic E-state index is 11.8. The van der Waals surface area contributed by atoms with Crippen LogP contribution in [0.5, 0.6) is 0 Å². The third-order valence-electron chi connectivity index (χ3n) is 2.96. The summed E-state index contributed by atoms with van der Waals surface area (Å²) in [5.41, 5.74) is 0. The number of carbonyl (C=O) groups is 2. The van der Waals surface area contributed by atoms with Gasteiger partial charge in [0.05, 0.1) is 6.54 Å². The van der Waals surface area contributed by atoms with Crippen molar-refractivity contribution < 1.29 is 9.59 Å². The quantitative estimate of drug-likeness (QED) is 0.900. The number of hydrogen-bond donors (Lipinski definition) is 1. The Morgan fingerprint density at radius 2 is 2.05 bits per heavy atom. The van der Waals surface area contributed by atoms with Crippen LogP contribution in [0.25, 0.3) is 0 Å². The standard InChI is InChI=1S/C12H18N4O2S/c1-8(2)11-14-15-12(19-11)13-10(18)7-16-5-3-9(17)4-6-16/h8H,3-7H2,1-2H3,(H,13,15,18). The first-order valence-corrected chi connectivity index (χ1v) is 7.23. The number of hydrogen-bond acceptors (Lipinski definition) is 6. The second kappa shape index (κ2) is 6.21. The van der Waals surface area contributed by atoms with Gasteiger partial charge < -0.3 is 0 Å². The molecule has 1 aliphatic heterocycles. The zero-order valence-electron chi connectivity index (χ0n) is 11.2. The van der Waals surface area contributed by atoms with E-state index in [4.69, 9.17) is 0 Å². The lowest BCUT2D eigenvalue weighted by atomic mass is 10.1. The minimum absolute atomic E-state index is 0.0965. The summed E-state index contributed by atoms with van der Waals surface area (Å²) < 4.78 is 0. The van der Waals surface area contributed by atoms with Crippen LogP contribution in [0, 0.1) is 0 Å². The monoisotopic (exact) mass is 282 g/mol. The van der Waals surface area contributed by atoms with Crippen molar-refractivity contribution in [1.29, 1.82) is 0 Å². The average Bonchev–Trinajstić information content (AvgIpc) is 2.80. The van der Waals surface area contributed by atoms with E-state index in [9.17, 15) is 9.59 Å². The number of aromatic nitrogens is 2. The number of nitrogens with zero attached hydrogens (tertiary/aromatic N) is 3. The van der Waals surface area contributed by atoms with Crippen LogP contribution in [0.4, 0.5) is 5.13 Å². The molecule has 1 aromatic heterocycles. The van der Waals surface area contributed by atoms with Gasteiger partial charge in [-0.05, 0) is 0 Å². The van der Waals surface area contributed by atoms with Crippen molar-refractivity contribution in [2.45, 2.75) is 32.6 Å². The molecule has 7 heteroatoms. The van der Waals surface area contributed by atoms with E-state index in [0.29, 0.717) is 43.5 Å². The first kappa shape index (κ1) is 14.1. The van der Waals surface area contributed by atoms with Gasteiger partial charge in [-0.3, -0.25) is 19.8 Å². The van der Waals surface area contributed by atoms with Crippen molar-refractivity contribution in [3.63, 3.8) is 0 Å². The van der Waals surface area contributed by atoms with Crippen molar-refractivity contribution in [3.05, 3.63) is 5.01 Å². The Balaban J connectivity index is 1.82. The highest BCUT2D eigenvalue weighted by Gasteiger charge is 2.19. The van der Waals surface area contributed by atoms with E-state index >= 15 is 0 Å². The molecule has 1 fully saturated rings. The largest absolute Gasteiger partial charge is 0.300 e. The number of carbonyl (C=O) groups excluding carboxylic acids is 2. The Bertz CT molecular complexity index is 462. The number of likely N-dealkylation sites (tertiary alicyclic amines) is 1. The minimum atomic E-state index is -0.0965. The molecule has 19 heavy (non-hydrogen) atoms. The van der Waals surface area contributed by atoms with E-state index in [-0.39, 0.29) is 11.7 Å². The third-order valence-corrected chi connectivity index (χ3v) is 4.10. The van der Waals surface area contributed by atoms with Gasteiger partial charge in [0.1, 0.15) is 10.8 Å². The van der Waals surface area contributed by atoms with E-state index in [1.54, 1.807) is 0 Å². The summed E-state index contributed by atoms with van der Waals surface area (Å²) in [5, 5.41) is 12.2. The van der Waals surface area contributed by atoms with Gasteiger partial charge in [0, 0.05) is 31.8 Å². The maximum Gasteiger partial charge on any atom is 0.240 e. The Kier molecular flexibility index (Phi) is 4.60. The van der Waals surface area contributed by atoms with E-state index in [2.05, 4.69) is 15.5 Å². The molecule has 1 aliphatic rings. The summed E-state index contributed by atoms with van der Waals surface area (Å²) in [6, 6.07) is 0. The second-order valence-electron chi connectivity index (χ2n) is 4.96. The van der Waals surface area contributed by atoms with E-state index in [1.165, 1.54) is 11.3 Å². The highest BCUT2D eigenvalue weighted by atomic mass is 32.1. The fraction of sp³-hybridized carbons (Fsp3) is 0.667. The maximum atomic E-state index is 11.8. The zero-order chi connectivity index (χ0) is 13.8. The summed E-state index contributed by atoms with van der Waals surface area (Å²) in [7, 11) is 0. The van der Waals surface area contributed by atoms with Crippen LogP contribution in [0.1, 0.15) is 37.6 Å². The summed E-state index contributed by atoms with van der Waals surface area (Å²) in [5.74, 6) is 0.499. The molecule has 1 aromatic rings. The van der Waals surface area contributed by atoms with Crippen molar-refractivity contribution in [1.82, 2.24) is 15.1 Å². The molecule has 6 nitrogen and oxygen atoms in total. The number of Topliss-reactive ketones (excluding diaryl/α,β-unsaturated/α-hetero) is 1. The summed E-state index contributed by atoms with van der Waals surface area (Å²) >= 11 is 1.40. The van der Waals surface area contributed by atoms with Gasteiger partial charge in [0.2, 0.25) is 11.0 Å². The predicted octanol–water partition coefficient (Wildman–Crippen LogP) is 1.26. The number of nitrogens with one attached hydrogen (secondary N) is 1. The fourth-order valence-electron chi connectivity index (χ4n) is 1.84. The molecule has 104 valence electrons. The predicted molar refractivity (Wildman–Crippen MR) is 73.3 cm³/mol. The molecular weight excluding hydrogens is 264 g/mol. The molecule has 0 spiro atoms. The van der Waals surface area contributed by atoms with Crippen LogP contribution in [0.15, 0.2) is 0 Å². The molecule has 1 saturated heterocycles. The molecule has 0 saturated carbocycles. The normalized spacial score (nSPS) is 16.9. The second-order valence-corrected chi connectivity index (χ2v) is 5.97. The lowest BCUT2D eigenvalue weighted by Crippen LogP contribution is -2.39. The number of anilines is 1. The molecular formula is C12H18N4O2S. The lowest BCUT2D eigenvalue weighted by Gasteiger charge is -2.24. The van der Waals surface area contributed by atoms with Gasteiger partial charge in [-0.1, -0.05) is 25.2 Å². The molecule has 0 aliphatic carbocycles. The molecule has 0 aromatic carbocycles. The lowest BCUT2D eigenvalue weighted by molar-refractivity contribution is -0.124. The smallest absolute Gasteiger partial charge is 0.240 e. The zero-order valence-corrected chi connectivity index (χ0v) is 12.0. The Morgan fingerprint density at radius 3 is 2.63 bits per heavy atom. The summed E-state index contributed by atoms with van der Waals surface area (Å²) in [4.78, 5) is 24.9. The molecule has 0 atom stereocenters. The first-order valence-electron chi connectivity index (χ1n) is 6.42. The van der Waals surface area contributed by atoms with Crippen LogP contribution in [-0.4, -0.2) is 46.4 Å². The number of amides is 1. The average molecular weight is 282 g/mol. The van der Waals surface area contributed by atoms with Crippen LogP contribution >= 0.6 is 11.3 Å². The first-order chi connectivity index (χ1) is 9.04. The van der Waals surface area contributed by atoms with Crippen LogP contribution < -0.4 is 5.32 Å². The Labute approximate surface area is 116 Å². The third kappa shape index (κ3) is 4.07. The number of ketones is 1. The molecule has 0 bridgehead atoms. The fourth-order valence-corrected chi connectivity index (χ4v) is 2.60. The molecule has 2 rings (SSSR count). The van der Waals surface area contributed by atoms with Crippen molar-refractivity contribution in [2.75, 3.05) is 25.0 Å².